The first-order valence-electron chi connectivity index (χ1n) is 8.47. The lowest BCUT2D eigenvalue weighted by Crippen LogP contribution is -2.47. The molecule has 0 spiro atoms. The first-order chi connectivity index (χ1) is 11.5. The van der Waals surface area contributed by atoms with E-state index in [9.17, 15) is 9.59 Å². The summed E-state index contributed by atoms with van der Waals surface area (Å²) >= 11 is 0. The number of hydrogen-bond donors (Lipinski definition) is 2. The van der Waals surface area contributed by atoms with E-state index < -0.39 is 0 Å². The number of anilines is 1. The highest BCUT2D eigenvalue weighted by molar-refractivity contribution is 5.90. The molecule has 1 heterocycles. The molecule has 1 saturated heterocycles. The van der Waals surface area contributed by atoms with Gasteiger partial charge in [-0.05, 0) is 43.0 Å². The summed E-state index contributed by atoms with van der Waals surface area (Å²) in [4.78, 5) is 26.3. The van der Waals surface area contributed by atoms with Crippen LogP contribution in [0.5, 0.6) is 5.75 Å². The largest absolute Gasteiger partial charge is 0.497 e. The Hall–Kier alpha value is -2.24. The van der Waals surface area contributed by atoms with Gasteiger partial charge in [0.15, 0.2) is 0 Å². The summed E-state index contributed by atoms with van der Waals surface area (Å²) in [5.74, 6) is 1.09. The zero-order valence-corrected chi connectivity index (χ0v) is 14.7. The highest BCUT2D eigenvalue weighted by Gasteiger charge is 2.28. The fourth-order valence-electron chi connectivity index (χ4n) is 2.70. The number of hydrogen-bond acceptors (Lipinski definition) is 3. The van der Waals surface area contributed by atoms with Gasteiger partial charge in [-0.25, -0.2) is 4.79 Å². The molecule has 0 aromatic heterocycles. The number of nitrogens with one attached hydrogen (secondary N) is 2. The molecular formula is C18H27N3O3. The Kier molecular flexibility index (Phi) is 6.46. The lowest BCUT2D eigenvalue weighted by atomic mass is 9.97. The van der Waals surface area contributed by atoms with Gasteiger partial charge in [0, 0.05) is 25.3 Å². The van der Waals surface area contributed by atoms with Gasteiger partial charge in [0.25, 0.3) is 0 Å². The number of urea groups is 1. The average Bonchev–Trinajstić information content (AvgIpc) is 2.60. The summed E-state index contributed by atoms with van der Waals surface area (Å²) in [6, 6.07) is 7.03. The van der Waals surface area contributed by atoms with Crippen LogP contribution in [0.2, 0.25) is 0 Å². The third-order valence-electron chi connectivity index (χ3n) is 4.11. The highest BCUT2D eigenvalue weighted by Crippen LogP contribution is 2.19. The van der Waals surface area contributed by atoms with E-state index in [0.29, 0.717) is 31.2 Å². The third-order valence-corrected chi connectivity index (χ3v) is 4.11. The van der Waals surface area contributed by atoms with Gasteiger partial charge in [-0.15, -0.1) is 0 Å². The zero-order valence-electron chi connectivity index (χ0n) is 14.7. The summed E-state index contributed by atoms with van der Waals surface area (Å²) in [6.07, 6.45) is 1.67. The van der Waals surface area contributed by atoms with Crippen molar-refractivity contribution in [1.82, 2.24) is 10.2 Å². The predicted octanol–water partition coefficient (Wildman–Crippen LogP) is 2.71. The standard InChI is InChI=1S/C18H27N3O3/c1-13(2)11-19-17(22)14-5-4-10-21(12-14)18(23)20-15-6-8-16(24-3)9-7-15/h6-9,13-14H,4-5,10-12H2,1-3H3,(H,19,22)(H,20,23). The number of methoxy groups -OCH3 is 1. The van der Waals surface area contributed by atoms with E-state index >= 15 is 0 Å². The van der Waals surface area contributed by atoms with E-state index in [-0.39, 0.29) is 17.9 Å². The molecule has 132 valence electrons. The van der Waals surface area contributed by atoms with Crippen molar-refractivity contribution in [2.45, 2.75) is 26.7 Å². The molecule has 3 amide bonds. The average molecular weight is 333 g/mol. The number of ether oxygens (including phenoxy) is 1. The number of nitrogens with zero attached hydrogens (tertiary/aromatic N) is 1. The van der Waals surface area contributed by atoms with E-state index in [4.69, 9.17) is 4.74 Å². The smallest absolute Gasteiger partial charge is 0.321 e. The van der Waals surface area contributed by atoms with Gasteiger partial charge in [-0.2, -0.15) is 0 Å². The molecule has 2 rings (SSSR count). The van der Waals surface area contributed by atoms with Crippen molar-refractivity contribution in [2.75, 3.05) is 32.1 Å². The Bertz CT molecular complexity index is 557. The third kappa shape index (κ3) is 5.15. The molecule has 1 atom stereocenters. The number of amides is 3. The van der Waals surface area contributed by atoms with Gasteiger partial charge in [0.05, 0.1) is 13.0 Å². The molecule has 0 bridgehead atoms. The minimum absolute atomic E-state index is 0.0469. The van der Waals surface area contributed by atoms with Crippen LogP contribution in [0.25, 0.3) is 0 Å². The molecule has 6 heteroatoms. The Balaban J connectivity index is 1.88. The lowest BCUT2D eigenvalue weighted by molar-refractivity contribution is -0.126. The Morgan fingerprint density at radius 1 is 1.29 bits per heavy atom. The van der Waals surface area contributed by atoms with Crippen LogP contribution in [0.4, 0.5) is 10.5 Å². The number of benzene rings is 1. The number of piperidine rings is 1. The maximum absolute atomic E-state index is 12.4. The van der Waals surface area contributed by atoms with Crippen LogP contribution in [0.15, 0.2) is 24.3 Å². The van der Waals surface area contributed by atoms with Crippen molar-refractivity contribution >= 4 is 17.6 Å². The predicted molar refractivity (Wildman–Crippen MR) is 94.2 cm³/mol. The zero-order chi connectivity index (χ0) is 17.5. The van der Waals surface area contributed by atoms with Crippen molar-refractivity contribution in [1.29, 1.82) is 0 Å². The number of carbonyl (C=O) groups excluding carboxylic acids is 2. The highest BCUT2D eigenvalue weighted by atomic mass is 16.5. The Labute approximate surface area is 143 Å². The summed E-state index contributed by atoms with van der Waals surface area (Å²) in [7, 11) is 1.60. The van der Waals surface area contributed by atoms with Crippen molar-refractivity contribution in [3.05, 3.63) is 24.3 Å². The van der Waals surface area contributed by atoms with E-state index in [0.717, 1.165) is 18.6 Å². The van der Waals surface area contributed by atoms with Crippen LogP contribution in [0.1, 0.15) is 26.7 Å². The van der Waals surface area contributed by atoms with Crippen LogP contribution >= 0.6 is 0 Å². The molecule has 6 nitrogen and oxygen atoms in total. The molecule has 1 aromatic rings. The van der Waals surface area contributed by atoms with Crippen LogP contribution in [-0.4, -0.2) is 43.6 Å². The normalized spacial score (nSPS) is 17.5. The number of likely N-dealkylation sites (tertiary alicyclic amines) is 1. The molecule has 24 heavy (non-hydrogen) atoms. The van der Waals surface area contributed by atoms with Crippen molar-refractivity contribution < 1.29 is 14.3 Å². The minimum Gasteiger partial charge on any atom is -0.497 e. The molecule has 0 radical (unpaired) electrons. The Morgan fingerprint density at radius 2 is 2.00 bits per heavy atom. The molecule has 1 aliphatic heterocycles. The summed E-state index contributed by atoms with van der Waals surface area (Å²) in [5, 5.41) is 5.83. The first kappa shape index (κ1) is 18.1. The number of rotatable bonds is 5. The molecule has 1 aliphatic rings. The number of carbonyl (C=O) groups is 2. The second-order valence-corrected chi connectivity index (χ2v) is 6.58. The van der Waals surface area contributed by atoms with Crippen molar-refractivity contribution in [3.63, 3.8) is 0 Å². The maximum atomic E-state index is 12.4. The first-order valence-corrected chi connectivity index (χ1v) is 8.47. The second-order valence-electron chi connectivity index (χ2n) is 6.58. The molecule has 0 aliphatic carbocycles. The van der Waals surface area contributed by atoms with Crippen molar-refractivity contribution in [2.24, 2.45) is 11.8 Å². The van der Waals surface area contributed by atoms with Gasteiger partial charge in [-0.3, -0.25) is 4.79 Å². The van der Waals surface area contributed by atoms with Gasteiger partial charge in [0.2, 0.25) is 5.91 Å². The van der Waals surface area contributed by atoms with Crippen LogP contribution in [0.3, 0.4) is 0 Å². The van der Waals surface area contributed by atoms with Crippen LogP contribution < -0.4 is 15.4 Å². The molecule has 0 saturated carbocycles. The topological polar surface area (TPSA) is 70.7 Å². The van der Waals surface area contributed by atoms with Crippen LogP contribution in [-0.2, 0) is 4.79 Å². The fourth-order valence-corrected chi connectivity index (χ4v) is 2.70. The molecular weight excluding hydrogens is 306 g/mol. The molecule has 1 fully saturated rings. The van der Waals surface area contributed by atoms with Gasteiger partial charge in [0.1, 0.15) is 5.75 Å². The molecule has 1 unspecified atom stereocenters. The van der Waals surface area contributed by atoms with Crippen LogP contribution in [0, 0.1) is 11.8 Å². The van der Waals surface area contributed by atoms with E-state index in [1.165, 1.54) is 0 Å². The van der Waals surface area contributed by atoms with Crippen molar-refractivity contribution in [3.8, 4) is 5.75 Å². The van der Waals surface area contributed by atoms with Gasteiger partial charge in [-0.1, -0.05) is 13.8 Å². The van der Waals surface area contributed by atoms with Gasteiger partial charge < -0.3 is 20.3 Å². The summed E-state index contributed by atoms with van der Waals surface area (Å²) < 4.78 is 5.10. The maximum Gasteiger partial charge on any atom is 0.321 e. The van der Waals surface area contributed by atoms with Gasteiger partial charge >= 0.3 is 6.03 Å². The lowest BCUT2D eigenvalue weighted by Gasteiger charge is -2.32. The summed E-state index contributed by atoms with van der Waals surface area (Å²) in [6.45, 7) is 5.95. The van der Waals surface area contributed by atoms with E-state index in [2.05, 4.69) is 24.5 Å². The quantitative estimate of drug-likeness (QED) is 0.870. The SMILES string of the molecule is COc1ccc(NC(=O)N2CCCC(C(=O)NCC(C)C)C2)cc1. The Morgan fingerprint density at radius 3 is 2.62 bits per heavy atom. The minimum atomic E-state index is -0.165. The molecule has 2 N–H and O–H groups in total. The summed E-state index contributed by atoms with van der Waals surface area (Å²) in [5.41, 5.74) is 0.715. The van der Waals surface area contributed by atoms with E-state index in [1.807, 2.05) is 0 Å². The second kappa shape index (κ2) is 8.57. The monoisotopic (exact) mass is 333 g/mol. The molecule has 1 aromatic carbocycles. The van der Waals surface area contributed by atoms with E-state index in [1.54, 1.807) is 36.3 Å². The fraction of sp³-hybridized carbons (Fsp3) is 0.556.